The third kappa shape index (κ3) is 4.80. The van der Waals surface area contributed by atoms with Gasteiger partial charge in [-0.2, -0.15) is 0 Å². The van der Waals surface area contributed by atoms with Crippen LogP contribution in [0.5, 0.6) is 0 Å². The molecule has 0 spiro atoms. The normalized spacial score (nSPS) is 12.7. The first kappa shape index (κ1) is 28.8. The Morgan fingerprint density at radius 2 is 0.816 bits per heavy atom. The molecular formula is C47H32N2. The van der Waals surface area contributed by atoms with Gasteiger partial charge in [-0.25, -0.2) is 9.97 Å². The van der Waals surface area contributed by atoms with Gasteiger partial charge in [0.2, 0.25) is 0 Å². The minimum atomic E-state index is -0.480. The van der Waals surface area contributed by atoms with Gasteiger partial charge in [-0.15, -0.1) is 0 Å². The van der Waals surface area contributed by atoms with E-state index >= 15 is 0 Å². The predicted molar refractivity (Wildman–Crippen MR) is 201 cm³/mol. The molecule has 0 saturated heterocycles. The molecule has 0 aliphatic heterocycles. The molecule has 1 aliphatic carbocycles. The fourth-order valence-corrected chi connectivity index (χ4v) is 7.64. The third-order valence-corrected chi connectivity index (χ3v) is 9.78. The molecule has 1 aliphatic rings. The largest absolute Gasteiger partial charge is 0.228 e. The van der Waals surface area contributed by atoms with Crippen LogP contribution in [0.2, 0.25) is 0 Å². The van der Waals surface area contributed by atoms with Crippen LogP contribution in [0.3, 0.4) is 0 Å². The summed E-state index contributed by atoms with van der Waals surface area (Å²) in [6, 6.07) is 69.1. The van der Waals surface area contributed by atoms with Crippen LogP contribution in [0.4, 0.5) is 0 Å². The fourth-order valence-electron chi connectivity index (χ4n) is 7.64. The van der Waals surface area contributed by atoms with E-state index in [0.29, 0.717) is 5.82 Å². The number of rotatable bonds is 6. The van der Waals surface area contributed by atoms with Gasteiger partial charge in [-0.05, 0) is 56.6 Å². The standard InChI is InChI=1S/C47H32N2/c1-5-17-33(18-6-1)35-21-15-22-36(31-35)43-32-44(49-46(48-43)34-19-7-2-8-20-34)40-28-16-30-42-45(40)39-27-13-14-29-41(39)47(42,37-23-9-3-10-24-37)38-25-11-4-12-26-38/h1-32H. The zero-order valence-corrected chi connectivity index (χ0v) is 26.9. The van der Waals surface area contributed by atoms with Crippen molar-refractivity contribution in [1.82, 2.24) is 9.97 Å². The molecule has 0 fully saturated rings. The molecule has 0 saturated carbocycles. The quantitative estimate of drug-likeness (QED) is 0.184. The van der Waals surface area contributed by atoms with Gasteiger partial charge in [0.25, 0.3) is 0 Å². The molecule has 0 bridgehead atoms. The average Bonchev–Trinajstić information content (AvgIpc) is 3.50. The Morgan fingerprint density at radius 3 is 1.51 bits per heavy atom. The molecule has 9 rings (SSSR count). The van der Waals surface area contributed by atoms with Gasteiger partial charge in [0.1, 0.15) is 0 Å². The molecule has 7 aromatic carbocycles. The summed E-state index contributed by atoms with van der Waals surface area (Å²) in [5, 5.41) is 0. The number of benzene rings is 7. The molecule has 0 radical (unpaired) electrons. The highest BCUT2D eigenvalue weighted by atomic mass is 14.9. The van der Waals surface area contributed by atoms with Crippen LogP contribution in [0.25, 0.3) is 56.2 Å². The maximum Gasteiger partial charge on any atom is 0.160 e. The van der Waals surface area contributed by atoms with Crippen molar-refractivity contribution in [2.75, 3.05) is 0 Å². The molecule has 8 aromatic rings. The van der Waals surface area contributed by atoms with E-state index < -0.39 is 5.41 Å². The van der Waals surface area contributed by atoms with Gasteiger partial charge in [0.05, 0.1) is 16.8 Å². The lowest BCUT2D eigenvalue weighted by Gasteiger charge is -2.33. The number of hydrogen-bond acceptors (Lipinski definition) is 2. The predicted octanol–water partition coefficient (Wildman–Crippen LogP) is 11.5. The van der Waals surface area contributed by atoms with E-state index in [2.05, 4.69) is 176 Å². The summed E-state index contributed by atoms with van der Waals surface area (Å²) in [5.41, 5.74) is 14.3. The first-order valence-corrected chi connectivity index (χ1v) is 16.8. The zero-order valence-electron chi connectivity index (χ0n) is 26.9. The molecule has 0 atom stereocenters. The average molecular weight is 625 g/mol. The van der Waals surface area contributed by atoms with Gasteiger partial charge < -0.3 is 0 Å². The minimum absolute atomic E-state index is 0.480. The monoisotopic (exact) mass is 624 g/mol. The van der Waals surface area contributed by atoms with Crippen molar-refractivity contribution >= 4 is 0 Å². The molecule has 0 amide bonds. The van der Waals surface area contributed by atoms with Crippen LogP contribution < -0.4 is 0 Å². The Morgan fingerprint density at radius 1 is 0.327 bits per heavy atom. The van der Waals surface area contributed by atoms with Crippen molar-refractivity contribution in [1.29, 1.82) is 0 Å². The van der Waals surface area contributed by atoms with Crippen molar-refractivity contribution < 1.29 is 0 Å². The molecule has 1 heterocycles. The van der Waals surface area contributed by atoms with E-state index in [1.807, 2.05) is 18.2 Å². The Labute approximate surface area is 287 Å². The number of fused-ring (bicyclic) bond motifs is 3. The Hall–Kier alpha value is -6.38. The summed E-state index contributed by atoms with van der Waals surface area (Å²) >= 11 is 0. The second-order valence-electron chi connectivity index (χ2n) is 12.5. The summed E-state index contributed by atoms with van der Waals surface area (Å²) in [7, 11) is 0. The summed E-state index contributed by atoms with van der Waals surface area (Å²) in [5.74, 6) is 0.708. The van der Waals surface area contributed by atoms with E-state index in [1.54, 1.807) is 0 Å². The first-order valence-electron chi connectivity index (χ1n) is 16.8. The Kier molecular flexibility index (Phi) is 7.06. The van der Waals surface area contributed by atoms with Gasteiger partial charge in [-0.3, -0.25) is 0 Å². The zero-order chi connectivity index (χ0) is 32.6. The number of hydrogen-bond donors (Lipinski definition) is 0. The smallest absolute Gasteiger partial charge is 0.160 e. The second-order valence-corrected chi connectivity index (χ2v) is 12.5. The summed E-state index contributed by atoms with van der Waals surface area (Å²) < 4.78 is 0. The van der Waals surface area contributed by atoms with Crippen molar-refractivity contribution in [3.63, 3.8) is 0 Å². The highest BCUT2D eigenvalue weighted by molar-refractivity contribution is 5.95. The fraction of sp³-hybridized carbons (Fsp3) is 0.0213. The van der Waals surface area contributed by atoms with Crippen LogP contribution in [-0.2, 0) is 5.41 Å². The van der Waals surface area contributed by atoms with E-state index in [9.17, 15) is 0 Å². The number of nitrogens with zero attached hydrogens (tertiary/aromatic N) is 2. The van der Waals surface area contributed by atoms with E-state index in [4.69, 9.17) is 9.97 Å². The molecule has 2 heteroatoms. The molecule has 1 aromatic heterocycles. The van der Waals surface area contributed by atoms with Crippen LogP contribution >= 0.6 is 0 Å². The topological polar surface area (TPSA) is 25.8 Å². The van der Waals surface area contributed by atoms with Gasteiger partial charge in [0.15, 0.2) is 5.82 Å². The van der Waals surface area contributed by atoms with Crippen molar-refractivity contribution in [3.8, 4) is 56.2 Å². The Bertz CT molecular complexity index is 2380. The van der Waals surface area contributed by atoms with E-state index in [0.717, 1.165) is 33.6 Å². The summed E-state index contributed by atoms with van der Waals surface area (Å²) in [6.07, 6.45) is 0. The van der Waals surface area contributed by atoms with Gasteiger partial charge in [0, 0.05) is 16.7 Å². The summed E-state index contributed by atoms with van der Waals surface area (Å²) in [4.78, 5) is 10.5. The molecule has 49 heavy (non-hydrogen) atoms. The third-order valence-electron chi connectivity index (χ3n) is 9.78. The SMILES string of the molecule is c1ccc(-c2cccc(-c3cc(-c4cccc5c4-c4ccccc4C5(c4ccccc4)c4ccccc4)nc(-c4ccccc4)n3)c2)cc1. The van der Waals surface area contributed by atoms with Gasteiger partial charge >= 0.3 is 0 Å². The highest BCUT2D eigenvalue weighted by Gasteiger charge is 2.46. The summed E-state index contributed by atoms with van der Waals surface area (Å²) in [6.45, 7) is 0. The minimum Gasteiger partial charge on any atom is -0.228 e. The lowest BCUT2D eigenvalue weighted by Crippen LogP contribution is -2.28. The van der Waals surface area contributed by atoms with Crippen LogP contribution in [-0.4, -0.2) is 9.97 Å². The molecule has 230 valence electrons. The van der Waals surface area contributed by atoms with Crippen molar-refractivity contribution in [3.05, 3.63) is 216 Å². The number of aromatic nitrogens is 2. The second kappa shape index (κ2) is 12.0. The lowest BCUT2D eigenvalue weighted by atomic mass is 9.67. The van der Waals surface area contributed by atoms with E-state index in [1.165, 1.54) is 38.9 Å². The molecule has 0 unspecified atom stereocenters. The maximum absolute atomic E-state index is 5.31. The van der Waals surface area contributed by atoms with Crippen molar-refractivity contribution in [2.24, 2.45) is 0 Å². The van der Waals surface area contributed by atoms with Crippen molar-refractivity contribution in [2.45, 2.75) is 5.41 Å². The molecule has 0 N–H and O–H groups in total. The van der Waals surface area contributed by atoms with Crippen LogP contribution in [0, 0.1) is 0 Å². The van der Waals surface area contributed by atoms with Crippen LogP contribution in [0.15, 0.2) is 194 Å². The molecule has 2 nitrogen and oxygen atoms in total. The lowest BCUT2D eigenvalue weighted by molar-refractivity contribution is 0.768. The highest BCUT2D eigenvalue weighted by Crippen LogP contribution is 2.58. The van der Waals surface area contributed by atoms with Gasteiger partial charge in [-0.1, -0.05) is 182 Å². The van der Waals surface area contributed by atoms with Crippen LogP contribution in [0.1, 0.15) is 22.3 Å². The first-order chi connectivity index (χ1) is 24.3. The Balaban J connectivity index is 1.32. The maximum atomic E-state index is 5.31. The molecular weight excluding hydrogens is 593 g/mol. The van der Waals surface area contributed by atoms with E-state index in [-0.39, 0.29) is 0 Å².